The summed E-state index contributed by atoms with van der Waals surface area (Å²) in [6.45, 7) is 2.61. The molecule has 4 nitrogen and oxygen atoms in total. The molecule has 1 saturated heterocycles. The minimum absolute atomic E-state index is 0.0265. The molecule has 3 rings (SSSR count). The van der Waals surface area contributed by atoms with Crippen LogP contribution in [-0.2, 0) is 16.1 Å². The zero-order valence-electron chi connectivity index (χ0n) is 11.7. The monoisotopic (exact) mass is 292 g/mol. The van der Waals surface area contributed by atoms with E-state index in [9.17, 15) is 9.59 Å². The number of thiophene rings is 1. The Morgan fingerprint density at radius 3 is 2.80 bits per heavy atom. The molecule has 2 heterocycles. The van der Waals surface area contributed by atoms with Crippen molar-refractivity contribution < 1.29 is 9.59 Å². The van der Waals surface area contributed by atoms with Crippen LogP contribution in [0.3, 0.4) is 0 Å². The van der Waals surface area contributed by atoms with Crippen molar-refractivity contribution in [1.29, 1.82) is 0 Å². The maximum Gasteiger partial charge on any atom is 0.246 e. The summed E-state index contributed by atoms with van der Waals surface area (Å²) in [4.78, 5) is 26.8. The summed E-state index contributed by atoms with van der Waals surface area (Å²) < 4.78 is 0. The molecule has 5 heteroatoms. The van der Waals surface area contributed by atoms with Gasteiger partial charge in [-0.2, -0.15) is 11.3 Å². The second-order valence-corrected chi connectivity index (χ2v) is 6.51. The number of piperazine rings is 1. The molecule has 1 saturated carbocycles. The van der Waals surface area contributed by atoms with Gasteiger partial charge in [0.15, 0.2) is 0 Å². The van der Waals surface area contributed by atoms with Gasteiger partial charge in [0, 0.05) is 6.54 Å². The van der Waals surface area contributed by atoms with Crippen molar-refractivity contribution in [1.82, 2.24) is 10.2 Å². The predicted molar refractivity (Wildman–Crippen MR) is 78.2 cm³/mol. The van der Waals surface area contributed by atoms with E-state index in [1.807, 2.05) is 18.4 Å². The summed E-state index contributed by atoms with van der Waals surface area (Å²) in [5.41, 5.74) is 1.12. The highest BCUT2D eigenvalue weighted by Gasteiger charge is 2.46. The largest absolute Gasteiger partial charge is 0.342 e. The van der Waals surface area contributed by atoms with Gasteiger partial charge >= 0.3 is 0 Å². The molecule has 0 bridgehead atoms. The Kier molecular flexibility index (Phi) is 3.78. The average molecular weight is 292 g/mol. The Hall–Kier alpha value is -1.36. The zero-order valence-corrected chi connectivity index (χ0v) is 12.5. The molecule has 1 aliphatic carbocycles. The van der Waals surface area contributed by atoms with Crippen LogP contribution in [0.25, 0.3) is 0 Å². The lowest BCUT2D eigenvalue weighted by Crippen LogP contribution is -2.63. The summed E-state index contributed by atoms with van der Waals surface area (Å²) in [5.74, 6) is 0.495. The maximum atomic E-state index is 12.7. The Labute approximate surface area is 123 Å². The van der Waals surface area contributed by atoms with E-state index in [-0.39, 0.29) is 23.9 Å². The van der Waals surface area contributed by atoms with E-state index in [4.69, 9.17) is 0 Å². The second-order valence-electron chi connectivity index (χ2n) is 5.73. The quantitative estimate of drug-likeness (QED) is 0.904. The van der Waals surface area contributed by atoms with E-state index in [1.165, 1.54) is 0 Å². The minimum atomic E-state index is -0.303. The molecule has 1 aromatic heterocycles. The number of nitrogens with zero attached hydrogens (tertiary/aromatic N) is 1. The number of amides is 2. The molecule has 2 unspecified atom stereocenters. The van der Waals surface area contributed by atoms with Crippen LogP contribution in [-0.4, -0.2) is 28.8 Å². The SMILES string of the molecule is CCCC1C(=O)NC(C2CC2)C(=O)N1Cc1ccsc1. The van der Waals surface area contributed by atoms with Crippen LogP contribution in [0, 0.1) is 5.92 Å². The standard InChI is InChI=1S/C15H20N2O2S/c1-2-3-12-14(18)16-13(11-4-5-11)15(19)17(12)8-10-6-7-20-9-10/h6-7,9,11-13H,2-5,8H2,1H3,(H,16,18). The first kappa shape index (κ1) is 13.6. The van der Waals surface area contributed by atoms with Crippen molar-refractivity contribution in [2.75, 3.05) is 0 Å². The third-order valence-electron chi connectivity index (χ3n) is 4.11. The fourth-order valence-electron chi connectivity index (χ4n) is 2.86. The van der Waals surface area contributed by atoms with Gasteiger partial charge in [-0.15, -0.1) is 0 Å². The highest BCUT2D eigenvalue weighted by molar-refractivity contribution is 7.07. The van der Waals surface area contributed by atoms with E-state index < -0.39 is 0 Å². The normalized spacial score (nSPS) is 26.8. The highest BCUT2D eigenvalue weighted by Crippen LogP contribution is 2.35. The summed E-state index contributed by atoms with van der Waals surface area (Å²) >= 11 is 1.63. The molecule has 0 aromatic carbocycles. The molecule has 2 amide bonds. The number of carbonyl (C=O) groups is 2. The summed E-state index contributed by atoms with van der Waals surface area (Å²) in [7, 11) is 0. The third-order valence-corrected chi connectivity index (χ3v) is 4.85. The van der Waals surface area contributed by atoms with Crippen LogP contribution in [0.2, 0.25) is 0 Å². The summed E-state index contributed by atoms with van der Waals surface area (Å²) in [5, 5.41) is 7.01. The number of rotatable bonds is 5. The molecule has 1 aromatic rings. The van der Waals surface area contributed by atoms with Gasteiger partial charge in [-0.05, 0) is 47.6 Å². The van der Waals surface area contributed by atoms with E-state index in [2.05, 4.69) is 10.7 Å². The third kappa shape index (κ3) is 2.59. The van der Waals surface area contributed by atoms with Crippen molar-refractivity contribution in [2.24, 2.45) is 5.92 Å². The molecule has 20 heavy (non-hydrogen) atoms. The van der Waals surface area contributed by atoms with E-state index in [0.29, 0.717) is 12.5 Å². The topological polar surface area (TPSA) is 49.4 Å². The predicted octanol–water partition coefficient (Wildman–Crippen LogP) is 2.15. The van der Waals surface area contributed by atoms with Crippen LogP contribution < -0.4 is 5.32 Å². The van der Waals surface area contributed by atoms with Crippen LogP contribution in [0.4, 0.5) is 0 Å². The van der Waals surface area contributed by atoms with Crippen LogP contribution >= 0.6 is 11.3 Å². The first-order valence-corrected chi connectivity index (χ1v) is 8.27. The molecule has 1 N–H and O–H groups in total. The second kappa shape index (κ2) is 5.56. The van der Waals surface area contributed by atoms with Gasteiger partial charge in [0.1, 0.15) is 12.1 Å². The zero-order chi connectivity index (χ0) is 14.1. The Morgan fingerprint density at radius 2 is 2.20 bits per heavy atom. The number of hydrogen-bond acceptors (Lipinski definition) is 3. The molecule has 108 valence electrons. The smallest absolute Gasteiger partial charge is 0.246 e. The lowest BCUT2D eigenvalue weighted by atomic mass is 10.00. The molecule has 2 fully saturated rings. The van der Waals surface area contributed by atoms with Gasteiger partial charge in [0.2, 0.25) is 11.8 Å². The number of nitrogens with one attached hydrogen (secondary N) is 1. The molecule has 2 atom stereocenters. The lowest BCUT2D eigenvalue weighted by Gasteiger charge is -2.39. The van der Waals surface area contributed by atoms with Gasteiger partial charge in [-0.1, -0.05) is 13.3 Å². The van der Waals surface area contributed by atoms with Crippen molar-refractivity contribution in [3.63, 3.8) is 0 Å². The van der Waals surface area contributed by atoms with Crippen LogP contribution in [0.1, 0.15) is 38.2 Å². The van der Waals surface area contributed by atoms with Gasteiger partial charge < -0.3 is 10.2 Å². The van der Waals surface area contributed by atoms with Gasteiger partial charge in [-0.25, -0.2) is 0 Å². The first-order chi connectivity index (χ1) is 9.70. The Morgan fingerprint density at radius 1 is 1.40 bits per heavy atom. The van der Waals surface area contributed by atoms with E-state index >= 15 is 0 Å². The number of carbonyl (C=O) groups excluding carboxylic acids is 2. The van der Waals surface area contributed by atoms with Crippen molar-refractivity contribution >= 4 is 23.2 Å². The molecule has 2 aliphatic rings. The van der Waals surface area contributed by atoms with Gasteiger partial charge in [-0.3, -0.25) is 9.59 Å². The van der Waals surface area contributed by atoms with Crippen molar-refractivity contribution in [2.45, 2.75) is 51.2 Å². The Bertz CT molecular complexity index is 496. The van der Waals surface area contributed by atoms with Crippen molar-refractivity contribution in [3.8, 4) is 0 Å². The fraction of sp³-hybridized carbons (Fsp3) is 0.600. The molecular weight excluding hydrogens is 272 g/mol. The fourth-order valence-corrected chi connectivity index (χ4v) is 3.52. The Balaban J connectivity index is 1.82. The minimum Gasteiger partial charge on any atom is -0.342 e. The van der Waals surface area contributed by atoms with Gasteiger partial charge in [0.25, 0.3) is 0 Å². The molecular formula is C15H20N2O2S. The van der Waals surface area contributed by atoms with E-state index in [0.717, 1.165) is 31.2 Å². The average Bonchev–Trinajstić information content (AvgIpc) is 3.15. The molecule has 0 radical (unpaired) electrons. The van der Waals surface area contributed by atoms with Gasteiger partial charge in [0.05, 0.1) is 0 Å². The maximum absolute atomic E-state index is 12.7. The molecule has 1 aliphatic heterocycles. The van der Waals surface area contributed by atoms with Crippen LogP contribution in [0.15, 0.2) is 16.8 Å². The number of hydrogen-bond donors (Lipinski definition) is 1. The van der Waals surface area contributed by atoms with Crippen molar-refractivity contribution in [3.05, 3.63) is 22.4 Å². The first-order valence-electron chi connectivity index (χ1n) is 7.32. The highest BCUT2D eigenvalue weighted by atomic mass is 32.1. The summed E-state index contributed by atoms with van der Waals surface area (Å²) in [6, 6.07) is 1.44. The summed E-state index contributed by atoms with van der Waals surface area (Å²) in [6.07, 6.45) is 3.75. The molecule has 0 spiro atoms. The van der Waals surface area contributed by atoms with E-state index in [1.54, 1.807) is 16.2 Å². The lowest BCUT2D eigenvalue weighted by molar-refractivity contribution is -0.151. The van der Waals surface area contributed by atoms with Crippen LogP contribution in [0.5, 0.6) is 0 Å².